The maximum absolute atomic E-state index is 12.3. The van der Waals surface area contributed by atoms with Crippen LogP contribution in [0.5, 0.6) is 0 Å². The summed E-state index contributed by atoms with van der Waals surface area (Å²) in [5.41, 5.74) is 0. The molecule has 4 aliphatic heterocycles. The second kappa shape index (κ2) is 22.7. The van der Waals surface area contributed by atoms with E-state index in [1.165, 1.54) is 0 Å². The summed E-state index contributed by atoms with van der Waals surface area (Å²) >= 11 is 0. The van der Waals surface area contributed by atoms with E-state index in [0.29, 0.717) is 5.06 Å². The highest BCUT2D eigenvalue weighted by Gasteiger charge is 2.52. The second-order valence-electron chi connectivity index (χ2n) is 13.3. The smallest absolute Gasteiger partial charge is 0.335 e. The average molecular weight is 833 g/mol. The predicted octanol–water partition coefficient (Wildman–Crippen LogP) is -8.01. The predicted molar refractivity (Wildman–Crippen MR) is 176 cm³/mol. The molecule has 4 saturated heterocycles. The number of hydrogen-bond acceptors (Lipinski definition) is 23. The molecule has 0 aromatic carbocycles. The molecule has 0 bridgehead atoms. The van der Waals surface area contributed by atoms with Crippen molar-refractivity contribution in [3.05, 3.63) is 0 Å². The van der Waals surface area contributed by atoms with Gasteiger partial charge in [-0.2, -0.15) is 0 Å². The Kier molecular flexibility index (Phi) is 18.7. The highest BCUT2D eigenvalue weighted by atomic mass is 16.8. The molecule has 0 aromatic rings. The summed E-state index contributed by atoms with van der Waals surface area (Å²) in [5.74, 6) is -2.46. The first kappa shape index (κ1) is 47.0. The lowest BCUT2D eigenvalue weighted by Crippen LogP contribution is -2.65. The highest BCUT2D eigenvalue weighted by molar-refractivity contribution is 6.01. The van der Waals surface area contributed by atoms with Crippen molar-refractivity contribution >= 4 is 23.7 Å². The van der Waals surface area contributed by atoms with Crippen LogP contribution in [0.4, 0.5) is 0 Å². The molecule has 4 heterocycles. The third-order valence-electron chi connectivity index (χ3n) is 9.26. The van der Waals surface area contributed by atoms with Crippen LogP contribution in [0.1, 0.15) is 25.7 Å². The molecule has 4 fully saturated rings. The largest absolute Gasteiger partial charge is 0.394 e. The Labute approximate surface area is 324 Å². The van der Waals surface area contributed by atoms with E-state index in [1.54, 1.807) is 0 Å². The van der Waals surface area contributed by atoms with Gasteiger partial charge < -0.3 is 99.1 Å². The van der Waals surface area contributed by atoms with Crippen molar-refractivity contribution in [1.82, 2.24) is 10.4 Å². The molecule has 57 heavy (non-hydrogen) atoms. The van der Waals surface area contributed by atoms with Gasteiger partial charge in [0.25, 0.3) is 11.8 Å². The van der Waals surface area contributed by atoms with Crippen LogP contribution in [0.3, 0.4) is 0 Å². The van der Waals surface area contributed by atoms with Gasteiger partial charge in [0.2, 0.25) is 5.91 Å². The maximum Gasteiger partial charge on any atom is 0.335 e. The first-order chi connectivity index (χ1) is 27.2. The van der Waals surface area contributed by atoms with E-state index in [4.69, 9.17) is 42.7 Å². The van der Waals surface area contributed by atoms with Crippen LogP contribution in [0.25, 0.3) is 0 Å². The van der Waals surface area contributed by atoms with Crippen molar-refractivity contribution < 1.29 is 113 Å². The van der Waals surface area contributed by atoms with Crippen molar-refractivity contribution in [3.63, 3.8) is 0 Å². The number of ether oxygens (including phenoxy) is 8. The lowest BCUT2D eigenvalue weighted by atomic mass is 9.96. The SMILES string of the molecule is O=C(CCOCCOCCC(=O)ON1C(=O)CCC1=O)NCCO[C@H]1O[C@H](CO[C@H]2O[C@H](CO)[C@@H](O)[C@H](O)[C@@H]2O)[C@@H](O)[C@H](O[C@H]2O[C@H](CO)[C@@H](O)[C@H](O)[C@@H]2O)[C@@H]1O. The van der Waals surface area contributed by atoms with Gasteiger partial charge in [0.15, 0.2) is 18.9 Å². The fraction of sp³-hybridized carbons (Fsp3) is 0.875. The highest BCUT2D eigenvalue weighted by Crippen LogP contribution is 2.31. The minimum Gasteiger partial charge on any atom is -0.394 e. The quantitative estimate of drug-likeness (QED) is 0.0378. The molecule has 0 saturated carbocycles. The minimum absolute atomic E-state index is 0.00723. The van der Waals surface area contributed by atoms with Gasteiger partial charge in [-0.1, -0.05) is 0 Å². The number of amides is 3. The van der Waals surface area contributed by atoms with E-state index in [-0.39, 0.29) is 65.3 Å². The Morgan fingerprint density at radius 1 is 0.614 bits per heavy atom. The monoisotopic (exact) mass is 832 g/mol. The molecule has 11 N–H and O–H groups in total. The Balaban J connectivity index is 1.21. The standard InChI is InChI=1S/C32H52N2O23/c35-11-14-21(41)24(44)26(46)30(53-14)52-13-16-23(43)29(56-32-27(47)25(45)22(42)15(12-36)54-32)28(48)31(55-16)51-8-5-33-17(37)3-6-49-9-10-50-7-4-20(40)57-34-18(38)1-2-19(34)39/h14-16,21-32,35-36,41-48H,1-13H2,(H,33,37)/t14-,15-,16-,21-,22-,23-,24+,25+,26+,27+,28+,29+,30+,31+,32-/m1/s1. The third kappa shape index (κ3) is 12.7. The van der Waals surface area contributed by atoms with Crippen molar-refractivity contribution in [1.29, 1.82) is 0 Å². The number of hydroxylamine groups is 2. The van der Waals surface area contributed by atoms with Crippen LogP contribution in [0.15, 0.2) is 0 Å². The number of rotatable bonds is 21. The number of nitrogens with zero attached hydrogens (tertiary/aromatic N) is 1. The maximum atomic E-state index is 12.3. The summed E-state index contributed by atoms with van der Waals surface area (Å²) in [6.07, 6.45) is -25.8. The Morgan fingerprint density at radius 2 is 1.14 bits per heavy atom. The lowest BCUT2D eigenvalue weighted by Gasteiger charge is -2.46. The number of carbonyl (C=O) groups excluding carboxylic acids is 4. The van der Waals surface area contributed by atoms with Gasteiger partial charge in [-0.25, -0.2) is 4.79 Å². The molecule has 25 heteroatoms. The van der Waals surface area contributed by atoms with E-state index in [9.17, 15) is 70.2 Å². The molecule has 0 aromatic heterocycles. The molecule has 0 aliphatic carbocycles. The van der Waals surface area contributed by atoms with Gasteiger partial charge in [-0.3, -0.25) is 14.4 Å². The van der Waals surface area contributed by atoms with Crippen molar-refractivity contribution in [2.75, 3.05) is 59.4 Å². The van der Waals surface area contributed by atoms with Crippen LogP contribution in [0.2, 0.25) is 0 Å². The lowest BCUT2D eigenvalue weighted by molar-refractivity contribution is -0.366. The summed E-state index contributed by atoms with van der Waals surface area (Å²) in [5, 5.41) is 106. The summed E-state index contributed by atoms with van der Waals surface area (Å²) < 4.78 is 43.6. The van der Waals surface area contributed by atoms with Crippen molar-refractivity contribution in [2.45, 2.75) is 118 Å². The van der Waals surface area contributed by atoms with E-state index in [1.807, 2.05) is 0 Å². The molecule has 3 amide bonds. The van der Waals surface area contributed by atoms with Gasteiger partial charge in [0.05, 0.1) is 59.3 Å². The third-order valence-corrected chi connectivity index (χ3v) is 9.26. The molecule has 25 nitrogen and oxygen atoms in total. The van der Waals surface area contributed by atoms with Gasteiger partial charge in [-0.05, 0) is 0 Å². The Morgan fingerprint density at radius 3 is 1.74 bits per heavy atom. The summed E-state index contributed by atoms with van der Waals surface area (Å²) in [6.45, 7) is -2.53. The first-order valence-corrected chi connectivity index (χ1v) is 18.2. The van der Waals surface area contributed by atoms with Gasteiger partial charge in [0.1, 0.15) is 73.2 Å². The van der Waals surface area contributed by atoms with Crippen LogP contribution in [0, 0.1) is 0 Å². The first-order valence-electron chi connectivity index (χ1n) is 18.2. The van der Waals surface area contributed by atoms with Gasteiger partial charge >= 0.3 is 5.97 Å². The molecule has 4 aliphatic rings. The van der Waals surface area contributed by atoms with E-state index in [0.717, 1.165) is 0 Å². The molecule has 0 spiro atoms. The molecule has 0 unspecified atom stereocenters. The molecular weight excluding hydrogens is 780 g/mol. The second-order valence-corrected chi connectivity index (χ2v) is 13.3. The molecule has 328 valence electrons. The van der Waals surface area contributed by atoms with Gasteiger partial charge in [0, 0.05) is 25.8 Å². The zero-order chi connectivity index (χ0) is 41.8. The minimum atomic E-state index is -1.92. The number of aliphatic hydroxyl groups is 10. The zero-order valence-electron chi connectivity index (χ0n) is 30.6. The number of carbonyl (C=O) groups is 4. The molecular formula is C32H52N2O23. The summed E-state index contributed by atoms with van der Waals surface area (Å²) in [7, 11) is 0. The van der Waals surface area contributed by atoms with Gasteiger partial charge in [-0.15, -0.1) is 5.06 Å². The van der Waals surface area contributed by atoms with E-state index >= 15 is 0 Å². The van der Waals surface area contributed by atoms with Crippen LogP contribution >= 0.6 is 0 Å². The number of imide groups is 1. The van der Waals surface area contributed by atoms with Crippen LogP contribution < -0.4 is 5.32 Å². The molecule has 4 rings (SSSR count). The van der Waals surface area contributed by atoms with E-state index in [2.05, 4.69) is 5.32 Å². The van der Waals surface area contributed by atoms with Crippen LogP contribution in [-0.4, -0.2) is 231 Å². The fourth-order valence-corrected chi connectivity index (χ4v) is 5.97. The normalized spacial score (nSPS) is 37.4. The zero-order valence-corrected chi connectivity index (χ0v) is 30.6. The number of nitrogens with one attached hydrogen (secondary N) is 1. The Bertz CT molecular complexity index is 1280. The van der Waals surface area contributed by atoms with E-state index < -0.39 is 136 Å². The average Bonchev–Trinajstić information content (AvgIpc) is 3.51. The molecule has 15 atom stereocenters. The molecule has 0 radical (unpaired) electrons. The van der Waals surface area contributed by atoms with Crippen LogP contribution in [-0.2, 0) is 61.9 Å². The fourth-order valence-electron chi connectivity index (χ4n) is 5.97. The van der Waals surface area contributed by atoms with Crippen molar-refractivity contribution in [3.8, 4) is 0 Å². The number of aliphatic hydroxyl groups excluding tert-OH is 10. The summed E-state index contributed by atoms with van der Waals surface area (Å²) in [4.78, 5) is 51.8. The van der Waals surface area contributed by atoms with Crippen molar-refractivity contribution in [2.24, 2.45) is 0 Å². The topological polar surface area (TPSA) is 369 Å². The Hall–Kier alpha value is -2.64. The number of hydrogen-bond donors (Lipinski definition) is 11. The summed E-state index contributed by atoms with van der Waals surface area (Å²) in [6, 6.07) is 0.